The van der Waals surface area contributed by atoms with Crippen LogP contribution in [0.2, 0.25) is 0 Å². The molecular weight excluding hydrogens is 335 g/mol. The lowest BCUT2D eigenvalue weighted by atomic mass is 10.2. The number of carbonyl (C=O) groups excluding carboxylic acids is 1. The van der Waals surface area contributed by atoms with E-state index >= 15 is 0 Å². The molecule has 8 heteroatoms. The van der Waals surface area contributed by atoms with Gasteiger partial charge in [0.15, 0.2) is 0 Å². The molecule has 132 valence electrons. The van der Waals surface area contributed by atoms with Gasteiger partial charge < -0.3 is 9.64 Å². The zero-order valence-electron chi connectivity index (χ0n) is 13.5. The van der Waals surface area contributed by atoms with E-state index in [4.69, 9.17) is 4.74 Å². The summed E-state index contributed by atoms with van der Waals surface area (Å²) in [5, 5.41) is 0. The number of rotatable bonds is 3. The van der Waals surface area contributed by atoms with Crippen LogP contribution >= 0.6 is 0 Å². The molecule has 0 aliphatic carbocycles. The Morgan fingerprint density at radius 1 is 1.28 bits per heavy atom. The van der Waals surface area contributed by atoms with Crippen LogP contribution in [-0.4, -0.2) is 40.0 Å². The van der Waals surface area contributed by atoms with E-state index in [-0.39, 0.29) is 11.8 Å². The number of aromatic nitrogens is 2. The molecule has 0 unspecified atom stereocenters. The van der Waals surface area contributed by atoms with Crippen molar-refractivity contribution in [3.05, 3.63) is 53.5 Å². The van der Waals surface area contributed by atoms with Gasteiger partial charge in [-0.3, -0.25) is 9.78 Å². The summed E-state index contributed by atoms with van der Waals surface area (Å²) in [6, 6.07) is 5.16. The smallest absolute Gasteiger partial charge is 0.416 e. The number of halogens is 3. The molecular formula is C17H16F3N3O2. The minimum Gasteiger partial charge on any atom is -0.472 e. The predicted octanol–water partition coefficient (Wildman–Crippen LogP) is 3.10. The molecule has 3 heterocycles. The number of carbonyl (C=O) groups is 1. The summed E-state index contributed by atoms with van der Waals surface area (Å²) >= 11 is 0. The van der Waals surface area contributed by atoms with E-state index in [1.807, 2.05) is 0 Å². The van der Waals surface area contributed by atoms with Gasteiger partial charge in [0.2, 0.25) is 5.88 Å². The third kappa shape index (κ3) is 3.89. The van der Waals surface area contributed by atoms with Gasteiger partial charge in [-0.05, 0) is 25.1 Å². The first-order valence-electron chi connectivity index (χ1n) is 7.75. The molecule has 3 rings (SSSR count). The standard InChI is InChI=1S/C17H16F3N3O2/c1-11-14(3-2-6-21-11)16(24)23-8-5-13(10-23)25-15-9-12(4-7-22-15)17(18,19)20/h2-4,6-7,9,13H,5,8,10H2,1H3/t13-/m1/s1. The first-order chi connectivity index (χ1) is 11.8. The van der Waals surface area contributed by atoms with E-state index in [1.54, 1.807) is 30.2 Å². The number of nitrogens with zero attached hydrogens (tertiary/aromatic N) is 3. The first kappa shape index (κ1) is 17.2. The number of ether oxygens (including phenoxy) is 1. The van der Waals surface area contributed by atoms with Gasteiger partial charge in [-0.25, -0.2) is 4.98 Å². The highest BCUT2D eigenvalue weighted by Gasteiger charge is 2.32. The lowest BCUT2D eigenvalue weighted by Gasteiger charge is -2.18. The number of alkyl halides is 3. The fourth-order valence-electron chi connectivity index (χ4n) is 2.71. The average molecular weight is 351 g/mol. The molecule has 25 heavy (non-hydrogen) atoms. The molecule has 0 radical (unpaired) electrons. The van der Waals surface area contributed by atoms with Crippen LogP contribution in [0.15, 0.2) is 36.7 Å². The lowest BCUT2D eigenvalue weighted by Crippen LogP contribution is -2.31. The summed E-state index contributed by atoms with van der Waals surface area (Å²) < 4.78 is 43.7. The van der Waals surface area contributed by atoms with Gasteiger partial charge in [-0.2, -0.15) is 13.2 Å². The van der Waals surface area contributed by atoms with Crippen LogP contribution in [-0.2, 0) is 6.18 Å². The number of amides is 1. The summed E-state index contributed by atoms with van der Waals surface area (Å²) in [5.74, 6) is -0.250. The predicted molar refractivity (Wildman–Crippen MR) is 83.1 cm³/mol. The second-order valence-electron chi connectivity index (χ2n) is 5.80. The van der Waals surface area contributed by atoms with Crippen molar-refractivity contribution in [3.8, 4) is 5.88 Å². The third-order valence-electron chi connectivity index (χ3n) is 4.02. The zero-order valence-corrected chi connectivity index (χ0v) is 13.5. The largest absolute Gasteiger partial charge is 0.472 e. The normalized spacial score (nSPS) is 17.6. The van der Waals surface area contributed by atoms with Crippen molar-refractivity contribution < 1.29 is 22.7 Å². The Hall–Kier alpha value is -2.64. The molecule has 1 fully saturated rings. The van der Waals surface area contributed by atoms with E-state index in [0.29, 0.717) is 30.8 Å². The Labute approximate surface area is 142 Å². The molecule has 2 aromatic rings. The molecule has 1 amide bonds. The maximum atomic E-state index is 12.7. The highest BCUT2D eigenvalue weighted by Crippen LogP contribution is 2.31. The first-order valence-corrected chi connectivity index (χ1v) is 7.75. The Kier molecular flexibility index (Phi) is 4.61. The molecule has 1 atom stereocenters. The maximum Gasteiger partial charge on any atom is 0.416 e. The quantitative estimate of drug-likeness (QED) is 0.853. The van der Waals surface area contributed by atoms with Gasteiger partial charge in [0.25, 0.3) is 5.91 Å². The molecule has 2 aromatic heterocycles. The molecule has 0 N–H and O–H groups in total. The summed E-state index contributed by atoms with van der Waals surface area (Å²) in [6.45, 7) is 2.52. The minimum absolute atomic E-state index is 0.0910. The average Bonchev–Trinajstić information content (AvgIpc) is 3.03. The van der Waals surface area contributed by atoms with E-state index in [9.17, 15) is 18.0 Å². The molecule has 5 nitrogen and oxygen atoms in total. The van der Waals surface area contributed by atoms with Crippen molar-refractivity contribution in [2.75, 3.05) is 13.1 Å². The van der Waals surface area contributed by atoms with Gasteiger partial charge in [0.1, 0.15) is 6.10 Å². The summed E-state index contributed by atoms with van der Waals surface area (Å²) in [6.07, 6.45) is -1.63. The van der Waals surface area contributed by atoms with Gasteiger partial charge in [0.05, 0.1) is 17.7 Å². The molecule has 1 aliphatic heterocycles. The van der Waals surface area contributed by atoms with Crippen molar-refractivity contribution in [2.24, 2.45) is 0 Å². The Balaban J connectivity index is 1.66. The summed E-state index contributed by atoms with van der Waals surface area (Å²) in [7, 11) is 0. The van der Waals surface area contributed by atoms with Crippen LogP contribution in [0.4, 0.5) is 13.2 Å². The summed E-state index contributed by atoms with van der Waals surface area (Å²) in [4.78, 5) is 22.0. The second kappa shape index (κ2) is 6.70. The van der Waals surface area contributed by atoms with Crippen molar-refractivity contribution in [1.29, 1.82) is 0 Å². The lowest BCUT2D eigenvalue weighted by molar-refractivity contribution is -0.137. The molecule has 0 spiro atoms. The fraction of sp³-hybridized carbons (Fsp3) is 0.353. The van der Waals surface area contributed by atoms with Crippen LogP contribution in [0.1, 0.15) is 28.0 Å². The van der Waals surface area contributed by atoms with Crippen LogP contribution in [0.5, 0.6) is 5.88 Å². The van der Waals surface area contributed by atoms with E-state index < -0.39 is 17.8 Å². The molecule has 0 saturated carbocycles. The fourth-order valence-corrected chi connectivity index (χ4v) is 2.71. The topological polar surface area (TPSA) is 55.3 Å². The van der Waals surface area contributed by atoms with E-state index in [0.717, 1.165) is 18.3 Å². The molecule has 0 aromatic carbocycles. The van der Waals surface area contributed by atoms with Crippen molar-refractivity contribution in [1.82, 2.24) is 14.9 Å². The second-order valence-corrected chi connectivity index (χ2v) is 5.80. The van der Waals surface area contributed by atoms with E-state index in [2.05, 4.69) is 9.97 Å². The van der Waals surface area contributed by atoms with Crippen LogP contribution < -0.4 is 4.74 Å². The molecule has 0 bridgehead atoms. The van der Waals surface area contributed by atoms with Gasteiger partial charge in [-0.15, -0.1) is 0 Å². The highest BCUT2D eigenvalue weighted by atomic mass is 19.4. The maximum absolute atomic E-state index is 12.7. The SMILES string of the molecule is Cc1ncccc1C(=O)N1CC[C@@H](Oc2cc(C(F)(F)F)ccn2)C1. The number of aryl methyl sites for hydroxylation is 1. The van der Waals surface area contributed by atoms with Crippen molar-refractivity contribution in [3.63, 3.8) is 0 Å². The Morgan fingerprint density at radius 3 is 2.80 bits per heavy atom. The number of hydrogen-bond donors (Lipinski definition) is 0. The molecule has 1 aliphatic rings. The van der Waals surface area contributed by atoms with Gasteiger partial charge >= 0.3 is 6.18 Å². The molecule has 1 saturated heterocycles. The van der Waals surface area contributed by atoms with E-state index in [1.165, 1.54) is 0 Å². The number of hydrogen-bond acceptors (Lipinski definition) is 4. The van der Waals surface area contributed by atoms with Crippen molar-refractivity contribution >= 4 is 5.91 Å². The zero-order chi connectivity index (χ0) is 18.0. The van der Waals surface area contributed by atoms with Crippen LogP contribution in [0.25, 0.3) is 0 Å². The van der Waals surface area contributed by atoms with Crippen molar-refractivity contribution in [2.45, 2.75) is 25.6 Å². The van der Waals surface area contributed by atoms with Gasteiger partial charge in [-0.1, -0.05) is 0 Å². The summed E-state index contributed by atoms with van der Waals surface area (Å²) in [5.41, 5.74) is 0.339. The van der Waals surface area contributed by atoms with Gasteiger partial charge in [0, 0.05) is 37.1 Å². The number of pyridine rings is 2. The highest BCUT2D eigenvalue weighted by molar-refractivity contribution is 5.95. The van der Waals surface area contributed by atoms with Crippen LogP contribution in [0, 0.1) is 6.92 Å². The third-order valence-corrected chi connectivity index (χ3v) is 4.02. The minimum atomic E-state index is -4.45. The number of likely N-dealkylation sites (tertiary alicyclic amines) is 1. The van der Waals surface area contributed by atoms with Crippen LogP contribution in [0.3, 0.4) is 0 Å². The Bertz CT molecular complexity index is 780. The Morgan fingerprint density at radius 2 is 2.08 bits per heavy atom. The monoisotopic (exact) mass is 351 g/mol.